The number of nitrogens with zero attached hydrogens (tertiary/aromatic N) is 2. The molecule has 38 heavy (non-hydrogen) atoms. The first kappa shape index (κ1) is 29.0. The zero-order chi connectivity index (χ0) is 27.3. The van der Waals surface area contributed by atoms with Gasteiger partial charge in [0, 0.05) is 6.02 Å². The fourth-order valence-corrected chi connectivity index (χ4v) is 4.44. The smallest absolute Gasteiger partial charge is 0.440 e. The summed E-state index contributed by atoms with van der Waals surface area (Å²) in [5, 5.41) is 27.1. The minimum absolute atomic E-state index is 0.0345. The van der Waals surface area contributed by atoms with Crippen LogP contribution in [0.2, 0.25) is 0 Å². The monoisotopic (exact) mass is 522 g/mol. The molecule has 0 spiro atoms. The highest BCUT2D eigenvalue weighted by atomic mass is 16.3. The van der Waals surface area contributed by atoms with E-state index in [9.17, 15) is 9.90 Å². The van der Waals surface area contributed by atoms with Crippen molar-refractivity contribution in [2.45, 2.75) is 64.7 Å². The molecule has 1 fully saturated rings. The van der Waals surface area contributed by atoms with E-state index in [4.69, 9.17) is 0 Å². The van der Waals surface area contributed by atoms with Gasteiger partial charge < -0.3 is 21.1 Å². The average molecular weight is 523 g/mol. The van der Waals surface area contributed by atoms with Gasteiger partial charge in [-0.3, -0.25) is 4.99 Å². The molecule has 1 aliphatic rings. The van der Waals surface area contributed by atoms with E-state index in [0.717, 1.165) is 43.0 Å². The minimum Gasteiger partial charge on any atom is -0.846 e. The van der Waals surface area contributed by atoms with E-state index in [2.05, 4.69) is 36.2 Å². The van der Waals surface area contributed by atoms with Crippen LogP contribution in [0, 0.1) is 0 Å². The van der Waals surface area contributed by atoms with Crippen molar-refractivity contribution in [1.82, 2.24) is 21.3 Å². The lowest BCUT2D eigenvalue weighted by molar-refractivity contribution is -0.634. The van der Waals surface area contributed by atoms with Crippen LogP contribution in [0.3, 0.4) is 0 Å². The van der Waals surface area contributed by atoms with Gasteiger partial charge in [-0.05, 0) is 51.7 Å². The molecular weight excluding hydrogens is 478 g/mol. The van der Waals surface area contributed by atoms with Gasteiger partial charge in [0.15, 0.2) is 0 Å². The molecule has 2 amide bonds. The van der Waals surface area contributed by atoms with Gasteiger partial charge in [0.1, 0.15) is 13.1 Å². The molecule has 0 aromatic heterocycles. The van der Waals surface area contributed by atoms with Crippen LogP contribution in [-0.4, -0.2) is 60.9 Å². The number of hydrogen-bond donors (Lipinski definition) is 5. The zero-order valence-electron chi connectivity index (χ0n) is 23.1. The number of amidine groups is 1. The molecule has 2 aromatic carbocycles. The van der Waals surface area contributed by atoms with Gasteiger partial charge in [0.05, 0.1) is 37.3 Å². The summed E-state index contributed by atoms with van der Waals surface area (Å²) in [5.41, 5.74) is 2.08. The van der Waals surface area contributed by atoms with Gasteiger partial charge in [-0.2, -0.15) is 0 Å². The highest BCUT2D eigenvalue weighted by Crippen LogP contribution is 2.15. The number of aliphatic imine (C=N–C) groups is 1. The largest absolute Gasteiger partial charge is 0.846 e. The molecule has 0 bridgehead atoms. The third-order valence-electron chi connectivity index (χ3n) is 6.69. The van der Waals surface area contributed by atoms with Crippen LogP contribution < -0.4 is 31.7 Å². The van der Waals surface area contributed by atoms with Gasteiger partial charge in [0.25, 0.3) is 0 Å². The average Bonchev–Trinajstić information content (AvgIpc) is 3.44. The molecule has 1 aliphatic heterocycles. The Hall–Kier alpha value is -3.59. The number of hydrogen-bond acceptors (Lipinski definition) is 3. The normalized spacial score (nSPS) is 16.7. The summed E-state index contributed by atoms with van der Waals surface area (Å²) in [6.45, 7) is 11.1. The maximum absolute atomic E-state index is 12.5. The number of quaternary nitrogens is 1. The summed E-state index contributed by atoms with van der Waals surface area (Å²) in [6, 6.07) is 18.8. The molecule has 0 aliphatic carbocycles. The van der Waals surface area contributed by atoms with Gasteiger partial charge >= 0.3 is 12.0 Å². The Morgan fingerprint density at radius 3 is 2.13 bits per heavy atom. The standard InChI is InChI=1S/C29H43N7O2/c1-21(32-28(37)34-23(3)25-13-7-5-8-14-25)19-30-27(36-17-11-12-18-36)31-20-22(2)33-29(38)35-24(4)26-15-9-6-10-16-26/h5-10,13-16,21-24H,11-12,17-20H2,1-4H3,(H5,30,31,32,33,34,35,37,38)/p+1/t21-,22-,23?,24?/m0/s1. The van der Waals surface area contributed by atoms with Crippen molar-refractivity contribution in [2.24, 2.45) is 4.99 Å². The van der Waals surface area contributed by atoms with Crippen LogP contribution in [0.25, 0.3) is 0 Å². The third kappa shape index (κ3) is 9.70. The number of urea groups is 1. The van der Waals surface area contributed by atoms with Crippen molar-refractivity contribution in [3.63, 3.8) is 0 Å². The van der Waals surface area contributed by atoms with Gasteiger partial charge in [-0.1, -0.05) is 60.7 Å². The number of benzene rings is 2. The summed E-state index contributed by atoms with van der Waals surface area (Å²) in [4.78, 5) is 16.8. The van der Waals surface area contributed by atoms with E-state index in [0.29, 0.717) is 13.1 Å². The maximum Gasteiger partial charge on any atom is 0.440 e. The summed E-state index contributed by atoms with van der Waals surface area (Å²) in [7, 11) is 0. The molecule has 206 valence electrons. The first-order valence-corrected chi connectivity index (χ1v) is 13.7. The molecule has 1 saturated heterocycles. The summed E-state index contributed by atoms with van der Waals surface area (Å²) < 4.78 is 2.33. The number of rotatable bonds is 10. The second-order valence-electron chi connectivity index (χ2n) is 10.1. The molecule has 9 heteroatoms. The zero-order valence-corrected chi connectivity index (χ0v) is 23.1. The second-order valence-corrected chi connectivity index (χ2v) is 10.1. The predicted molar refractivity (Wildman–Crippen MR) is 150 cm³/mol. The first-order chi connectivity index (χ1) is 18.3. The minimum atomic E-state index is -0.309. The predicted octanol–water partition coefficient (Wildman–Crippen LogP) is 1.21. The van der Waals surface area contributed by atoms with Crippen molar-refractivity contribution in [1.29, 1.82) is 0 Å². The van der Waals surface area contributed by atoms with E-state index < -0.39 is 0 Å². The van der Waals surface area contributed by atoms with Crippen LogP contribution in [0.1, 0.15) is 63.7 Å². The fourth-order valence-electron chi connectivity index (χ4n) is 4.44. The Labute approximate surface area is 226 Å². The second kappa shape index (κ2) is 15.0. The van der Waals surface area contributed by atoms with Gasteiger partial charge in [-0.15, -0.1) is 0 Å². The van der Waals surface area contributed by atoms with Gasteiger partial charge in [0.2, 0.25) is 0 Å². The molecule has 3 rings (SSSR count). The van der Waals surface area contributed by atoms with Crippen LogP contribution in [0.15, 0.2) is 65.7 Å². The van der Waals surface area contributed by atoms with Gasteiger partial charge in [-0.25, -0.2) is 20.0 Å². The van der Waals surface area contributed by atoms with E-state index in [-0.39, 0.29) is 36.2 Å². The highest BCUT2D eigenvalue weighted by Gasteiger charge is 2.23. The van der Waals surface area contributed by atoms with Crippen LogP contribution in [0.4, 0.5) is 4.79 Å². The Bertz CT molecular complexity index is 1050. The van der Waals surface area contributed by atoms with Crippen LogP contribution in [-0.2, 0) is 0 Å². The Balaban J connectivity index is 1.46. The molecule has 0 saturated carbocycles. The van der Waals surface area contributed by atoms with Crippen molar-refractivity contribution < 1.29 is 19.8 Å². The lowest BCUT2D eigenvalue weighted by Gasteiger charge is -2.21. The third-order valence-corrected chi connectivity index (χ3v) is 6.69. The topological polar surface area (TPSA) is 120 Å². The molecule has 2 aromatic rings. The van der Waals surface area contributed by atoms with E-state index in [1.807, 2.05) is 88.4 Å². The fraction of sp³-hybridized carbons (Fsp3) is 0.483. The molecule has 6 N–H and O–H groups in total. The number of nitrogens with two attached hydrogens (primary N) is 1. The number of amides is 2. The first-order valence-electron chi connectivity index (χ1n) is 13.7. The Kier molecular flexibility index (Phi) is 11.4. The van der Waals surface area contributed by atoms with E-state index >= 15 is 0 Å². The molecule has 4 atom stereocenters. The SMILES string of the molecule is CC(N=C([O-])N[C@@H](C)CNC([NH2+]C[C@H](C)NC(=O)NC(C)c1ccccc1)=[N+]1CCCC1)c1ccccc1. The van der Waals surface area contributed by atoms with Crippen LogP contribution in [0.5, 0.6) is 0 Å². The Morgan fingerprint density at radius 2 is 1.50 bits per heavy atom. The number of carbonyl (C=O) groups excluding carboxylic acids is 1. The van der Waals surface area contributed by atoms with E-state index in [1.165, 1.54) is 0 Å². The maximum atomic E-state index is 12.5. The number of nitrogens with one attached hydrogen (secondary N) is 4. The number of guanidine groups is 1. The van der Waals surface area contributed by atoms with Crippen molar-refractivity contribution in [3.8, 4) is 0 Å². The van der Waals surface area contributed by atoms with Crippen LogP contribution >= 0.6 is 0 Å². The van der Waals surface area contributed by atoms with Crippen molar-refractivity contribution >= 4 is 18.0 Å². The summed E-state index contributed by atoms with van der Waals surface area (Å²) >= 11 is 0. The molecular formula is C29H44N7O2+. The van der Waals surface area contributed by atoms with Crippen molar-refractivity contribution in [3.05, 3.63) is 71.8 Å². The molecule has 1 heterocycles. The Morgan fingerprint density at radius 1 is 0.895 bits per heavy atom. The van der Waals surface area contributed by atoms with Crippen molar-refractivity contribution in [2.75, 3.05) is 26.2 Å². The number of carbonyl (C=O) groups is 1. The lowest BCUT2D eigenvalue weighted by Crippen LogP contribution is -2.95. The summed E-state index contributed by atoms with van der Waals surface area (Å²) in [6.07, 6.45) is 2.32. The molecule has 2 unspecified atom stereocenters. The molecule has 9 nitrogen and oxygen atoms in total. The quantitative estimate of drug-likeness (QED) is 0.183. The van der Waals surface area contributed by atoms with E-state index in [1.54, 1.807) is 0 Å². The molecule has 0 radical (unpaired) electrons. The summed E-state index contributed by atoms with van der Waals surface area (Å²) in [5.74, 6) is 1.05. The highest BCUT2D eigenvalue weighted by molar-refractivity contribution is 5.74. The lowest BCUT2D eigenvalue weighted by atomic mass is 10.1.